The molecule has 0 aromatic heterocycles. The van der Waals surface area contributed by atoms with Crippen LogP contribution in [0.1, 0.15) is 24.2 Å². The summed E-state index contributed by atoms with van der Waals surface area (Å²) in [4.78, 5) is 14.8. The van der Waals surface area contributed by atoms with Gasteiger partial charge in [-0.3, -0.25) is 9.52 Å². The maximum Gasteiger partial charge on any atom is 0.263 e. The van der Waals surface area contributed by atoms with Gasteiger partial charge in [0.25, 0.3) is 15.9 Å². The molecule has 1 aliphatic rings. The van der Waals surface area contributed by atoms with E-state index in [0.717, 1.165) is 6.54 Å². The van der Waals surface area contributed by atoms with Gasteiger partial charge in [-0.1, -0.05) is 30.7 Å². The Morgan fingerprint density at radius 3 is 2.64 bits per heavy atom. The van der Waals surface area contributed by atoms with Crippen LogP contribution in [0.15, 0.2) is 47.4 Å². The molecular weight excluding hydrogens is 466 g/mol. The molecule has 0 aliphatic carbocycles. The van der Waals surface area contributed by atoms with E-state index in [0.29, 0.717) is 18.9 Å². The number of sulfonamides is 1. The predicted molar refractivity (Wildman–Crippen MR) is 129 cm³/mol. The number of carbonyl (C=O) groups excluding carboxylic acids is 1. The maximum absolute atomic E-state index is 13.3. The molecule has 2 aromatic carbocycles. The number of benzene rings is 2. The van der Waals surface area contributed by atoms with Crippen LogP contribution in [0.5, 0.6) is 5.75 Å². The lowest BCUT2D eigenvalue weighted by atomic mass is 10.0. The number of halogens is 1. The van der Waals surface area contributed by atoms with Crippen LogP contribution in [-0.2, 0) is 14.8 Å². The number of anilines is 1. The second kappa shape index (κ2) is 10.7. The van der Waals surface area contributed by atoms with E-state index in [2.05, 4.69) is 17.0 Å². The predicted octanol–water partition coefficient (Wildman–Crippen LogP) is 3.23. The van der Waals surface area contributed by atoms with E-state index in [4.69, 9.17) is 21.1 Å². The number of likely N-dealkylation sites (N-methyl/N-ethyl adjacent to an activating group) is 1. The first kappa shape index (κ1) is 25.3. The smallest absolute Gasteiger partial charge is 0.263 e. The summed E-state index contributed by atoms with van der Waals surface area (Å²) in [6, 6.07) is 10.9. The van der Waals surface area contributed by atoms with Crippen molar-refractivity contribution in [1.82, 2.24) is 10.2 Å². The average Bonchev–Trinajstić information content (AvgIpc) is 2.78. The Hall–Kier alpha value is -2.33. The minimum Gasteiger partial charge on any atom is -0.491 e. The highest BCUT2D eigenvalue weighted by Crippen LogP contribution is 2.28. The lowest BCUT2D eigenvalue weighted by Crippen LogP contribution is -2.44. The Kier molecular flexibility index (Phi) is 8.23. The molecule has 1 heterocycles. The molecule has 0 bridgehead atoms. The van der Waals surface area contributed by atoms with Gasteiger partial charge in [-0.25, -0.2) is 8.42 Å². The molecule has 3 atom stereocenters. The third kappa shape index (κ3) is 6.17. The standard InChI is InChI=1S/C23H30ClN3O5S/c1-15-12-25-16(2)14-32-20-10-9-17(11-18(20)23(28)27(3)13-21(15)31-4)26-33(29,30)22-8-6-5-7-19(22)24/h5-11,15-16,21,25-26H,12-14H2,1-4H3/t15-,16-,21-/m0/s1. The Bertz CT molecular complexity index is 1100. The number of amides is 1. The molecule has 0 fully saturated rings. The minimum absolute atomic E-state index is 0.0449. The van der Waals surface area contributed by atoms with Crippen molar-refractivity contribution >= 4 is 33.2 Å². The highest BCUT2D eigenvalue weighted by Gasteiger charge is 2.26. The summed E-state index contributed by atoms with van der Waals surface area (Å²) in [5.41, 5.74) is 0.487. The fraction of sp³-hybridized carbons (Fsp3) is 0.435. The van der Waals surface area contributed by atoms with Crippen LogP contribution in [0.3, 0.4) is 0 Å². The summed E-state index contributed by atoms with van der Waals surface area (Å²) in [5, 5.41) is 3.53. The van der Waals surface area contributed by atoms with Crippen molar-refractivity contribution in [2.45, 2.75) is 30.9 Å². The molecule has 0 unspecified atom stereocenters. The summed E-state index contributed by atoms with van der Waals surface area (Å²) in [6.45, 7) is 5.51. The number of nitrogens with zero attached hydrogens (tertiary/aromatic N) is 1. The van der Waals surface area contributed by atoms with Crippen LogP contribution < -0.4 is 14.8 Å². The molecule has 10 heteroatoms. The number of fused-ring (bicyclic) bond motifs is 1. The number of methoxy groups -OCH3 is 1. The number of hydrogen-bond donors (Lipinski definition) is 2. The van der Waals surface area contributed by atoms with E-state index >= 15 is 0 Å². The first-order valence-electron chi connectivity index (χ1n) is 10.7. The summed E-state index contributed by atoms with van der Waals surface area (Å²) < 4.78 is 39.8. The van der Waals surface area contributed by atoms with Gasteiger partial charge in [0.1, 0.15) is 17.3 Å². The van der Waals surface area contributed by atoms with Gasteiger partial charge in [0.15, 0.2) is 0 Å². The monoisotopic (exact) mass is 495 g/mol. The van der Waals surface area contributed by atoms with Crippen molar-refractivity contribution in [1.29, 1.82) is 0 Å². The summed E-state index contributed by atoms with van der Waals surface area (Å²) in [7, 11) is -0.628. The molecule has 2 aromatic rings. The zero-order valence-electron chi connectivity index (χ0n) is 19.2. The molecule has 33 heavy (non-hydrogen) atoms. The highest BCUT2D eigenvalue weighted by molar-refractivity contribution is 7.92. The van der Waals surface area contributed by atoms with Gasteiger partial charge in [-0.15, -0.1) is 0 Å². The van der Waals surface area contributed by atoms with E-state index in [-0.39, 0.29) is 45.1 Å². The number of ether oxygens (including phenoxy) is 2. The number of rotatable bonds is 4. The SMILES string of the molecule is CO[C@H]1CN(C)C(=O)c2cc(NS(=O)(=O)c3ccccc3Cl)ccc2OC[C@H](C)NC[C@@H]1C. The van der Waals surface area contributed by atoms with Crippen molar-refractivity contribution in [2.24, 2.45) is 5.92 Å². The second-order valence-electron chi connectivity index (χ2n) is 8.30. The topological polar surface area (TPSA) is 97.0 Å². The fourth-order valence-corrected chi connectivity index (χ4v) is 5.17. The van der Waals surface area contributed by atoms with E-state index in [1.807, 2.05) is 6.92 Å². The maximum atomic E-state index is 13.3. The van der Waals surface area contributed by atoms with Crippen molar-refractivity contribution in [2.75, 3.05) is 38.6 Å². The molecule has 2 N–H and O–H groups in total. The summed E-state index contributed by atoms with van der Waals surface area (Å²) in [5.74, 6) is 0.253. The molecule has 0 spiro atoms. The molecular formula is C23H30ClN3O5S. The fourth-order valence-electron chi connectivity index (χ4n) is 3.60. The van der Waals surface area contributed by atoms with Crippen LogP contribution in [-0.4, -0.2) is 65.2 Å². The number of nitrogens with one attached hydrogen (secondary N) is 2. The number of carbonyl (C=O) groups is 1. The van der Waals surface area contributed by atoms with Crippen molar-refractivity contribution in [3.8, 4) is 5.75 Å². The molecule has 0 radical (unpaired) electrons. The second-order valence-corrected chi connectivity index (χ2v) is 10.4. The van der Waals surface area contributed by atoms with Gasteiger partial charge < -0.3 is 19.7 Å². The van der Waals surface area contributed by atoms with Crippen molar-refractivity contribution in [3.05, 3.63) is 53.1 Å². The lowest BCUT2D eigenvalue weighted by Gasteiger charge is -2.30. The van der Waals surface area contributed by atoms with Gasteiger partial charge in [-0.05, 0) is 43.2 Å². The Labute approximate surface area is 200 Å². The highest BCUT2D eigenvalue weighted by atomic mass is 35.5. The van der Waals surface area contributed by atoms with E-state index in [1.54, 1.807) is 43.3 Å². The largest absolute Gasteiger partial charge is 0.491 e. The van der Waals surface area contributed by atoms with Crippen molar-refractivity contribution < 1.29 is 22.7 Å². The lowest BCUT2D eigenvalue weighted by molar-refractivity contribution is 0.0281. The van der Waals surface area contributed by atoms with Crippen LogP contribution >= 0.6 is 11.6 Å². The van der Waals surface area contributed by atoms with Crippen LogP contribution in [0.25, 0.3) is 0 Å². The van der Waals surface area contributed by atoms with Gasteiger partial charge in [-0.2, -0.15) is 0 Å². The molecule has 8 nitrogen and oxygen atoms in total. The normalized spacial score (nSPS) is 22.5. The zero-order valence-corrected chi connectivity index (χ0v) is 20.7. The first-order valence-corrected chi connectivity index (χ1v) is 12.5. The van der Waals surface area contributed by atoms with E-state index < -0.39 is 10.0 Å². The third-order valence-electron chi connectivity index (χ3n) is 5.60. The molecule has 0 saturated carbocycles. The van der Waals surface area contributed by atoms with Gasteiger partial charge in [0.05, 0.1) is 16.7 Å². The quantitative estimate of drug-likeness (QED) is 0.676. The summed E-state index contributed by atoms with van der Waals surface area (Å²) >= 11 is 6.07. The summed E-state index contributed by atoms with van der Waals surface area (Å²) in [6.07, 6.45) is -0.163. The molecule has 0 saturated heterocycles. The number of hydrogen-bond acceptors (Lipinski definition) is 6. The third-order valence-corrected chi connectivity index (χ3v) is 7.48. The Morgan fingerprint density at radius 2 is 1.94 bits per heavy atom. The van der Waals surface area contributed by atoms with E-state index in [9.17, 15) is 13.2 Å². The van der Waals surface area contributed by atoms with Gasteiger partial charge >= 0.3 is 0 Å². The molecule has 3 rings (SSSR count). The minimum atomic E-state index is -3.95. The Balaban J connectivity index is 1.95. The van der Waals surface area contributed by atoms with Crippen molar-refractivity contribution in [3.63, 3.8) is 0 Å². The van der Waals surface area contributed by atoms with E-state index in [1.165, 1.54) is 18.2 Å². The molecule has 1 amide bonds. The van der Waals surface area contributed by atoms with Gasteiger partial charge in [0.2, 0.25) is 0 Å². The van der Waals surface area contributed by atoms with Crippen LogP contribution in [0.2, 0.25) is 5.02 Å². The Morgan fingerprint density at radius 1 is 1.21 bits per heavy atom. The zero-order chi connectivity index (χ0) is 24.2. The first-order chi connectivity index (χ1) is 15.6. The molecule has 1 aliphatic heterocycles. The molecule has 180 valence electrons. The van der Waals surface area contributed by atoms with Gasteiger partial charge in [0, 0.05) is 39.0 Å². The average molecular weight is 496 g/mol. The van der Waals surface area contributed by atoms with Crippen LogP contribution in [0.4, 0.5) is 5.69 Å². The van der Waals surface area contributed by atoms with Crippen LogP contribution in [0, 0.1) is 5.92 Å².